The van der Waals surface area contributed by atoms with Crippen LogP contribution in [0, 0.1) is 0 Å². The Morgan fingerprint density at radius 3 is 2.90 bits per heavy atom. The summed E-state index contributed by atoms with van der Waals surface area (Å²) in [5, 5.41) is 3.42. The van der Waals surface area contributed by atoms with Crippen molar-refractivity contribution in [2.24, 2.45) is 0 Å². The number of rotatable bonds is 5. The molecule has 0 saturated carbocycles. The maximum atomic E-state index is 5.81. The van der Waals surface area contributed by atoms with E-state index in [4.69, 9.17) is 4.74 Å². The summed E-state index contributed by atoms with van der Waals surface area (Å²) >= 11 is 0. The van der Waals surface area contributed by atoms with Crippen LogP contribution in [-0.4, -0.2) is 18.6 Å². The van der Waals surface area contributed by atoms with Crippen LogP contribution in [0.5, 0.6) is 5.75 Å². The Hall–Kier alpha value is -1.87. The molecule has 0 saturated heterocycles. The molecule has 20 heavy (non-hydrogen) atoms. The molecule has 1 aliphatic rings. The number of nitrogens with zero attached hydrogens (tertiary/aromatic N) is 1. The highest BCUT2D eigenvalue weighted by Crippen LogP contribution is 2.34. The van der Waals surface area contributed by atoms with Gasteiger partial charge in [-0.2, -0.15) is 0 Å². The van der Waals surface area contributed by atoms with E-state index in [1.165, 1.54) is 16.7 Å². The minimum atomic E-state index is 0.330. The molecule has 0 radical (unpaired) electrons. The summed E-state index contributed by atoms with van der Waals surface area (Å²) < 4.78 is 5.81. The fourth-order valence-corrected chi connectivity index (χ4v) is 2.83. The average Bonchev–Trinajstić information content (AvgIpc) is 2.98. The number of hydrogen-bond acceptors (Lipinski definition) is 3. The summed E-state index contributed by atoms with van der Waals surface area (Å²) in [5.74, 6) is 1.10. The van der Waals surface area contributed by atoms with E-state index in [0.717, 1.165) is 31.6 Å². The molecule has 1 unspecified atom stereocenters. The quantitative estimate of drug-likeness (QED) is 0.905. The average molecular weight is 268 g/mol. The third-order valence-corrected chi connectivity index (χ3v) is 3.94. The standard InChI is InChI=1S/C17H20N2O/c1-18-16(6-5-13-7-10-19-11-8-13)15-4-2-3-14-9-12-20-17(14)15/h2-4,7-8,10-11,16,18H,5-6,9,12H2,1H3. The molecule has 3 heteroatoms. The molecule has 2 heterocycles. The number of ether oxygens (including phenoxy) is 1. The number of para-hydroxylation sites is 1. The van der Waals surface area contributed by atoms with Gasteiger partial charge in [-0.3, -0.25) is 4.98 Å². The van der Waals surface area contributed by atoms with E-state index in [0.29, 0.717) is 6.04 Å². The molecule has 3 rings (SSSR count). The molecule has 1 N–H and O–H groups in total. The van der Waals surface area contributed by atoms with Crippen molar-refractivity contribution in [3.05, 3.63) is 59.4 Å². The Labute approximate surface area is 120 Å². The molecule has 1 aromatic carbocycles. The Morgan fingerprint density at radius 2 is 2.10 bits per heavy atom. The van der Waals surface area contributed by atoms with Gasteiger partial charge >= 0.3 is 0 Å². The highest BCUT2D eigenvalue weighted by atomic mass is 16.5. The number of hydrogen-bond donors (Lipinski definition) is 1. The van der Waals surface area contributed by atoms with Crippen LogP contribution in [0.15, 0.2) is 42.7 Å². The molecule has 104 valence electrons. The summed E-state index contributed by atoms with van der Waals surface area (Å²) in [6.07, 6.45) is 6.84. The molecule has 0 bridgehead atoms. The smallest absolute Gasteiger partial charge is 0.127 e. The van der Waals surface area contributed by atoms with E-state index in [1.807, 2.05) is 19.4 Å². The Morgan fingerprint density at radius 1 is 1.25 bits per heavy atom. The highest BCUT2D eigenvalue weighted by molar-refractivity contribution is 5.45. The van der Waals surface area contributed by atoms with Crippen molar-refractivity contribution in [1.82, 2.24) is 10.3 Å². The molecule has 1 aromatic heterocycles. The predicted molar refractivity (Wildman–Crippen MR) is 80.0 cm³/mol. The molecule has 0 spiro atoms. The van der Waals surface area contributed by atoms with Crippen molar-refractivity contribution in [2.45, 2.75) is 25.3 Å². The third kappa shape index (κ3) is 2.68. The maximum absolute atomic E-state index is 5.81. The molecular weight excluding hydrogens is 248 g/mol. The van der Waals surface area contributed by atoms with Crippen LogP contribution in [-0.2, 0) is 12.8 Å². The minimum absolute atomic E-state index is 0.330. The number of pyridine rings is 1. The summed E-state index contributed by atoms with van der Waals surface area (Å²) in [6, 6.07) is 11.0. The molecule has 1 aliphatic heterocycles. The SMILES string of the molecule is CNC(CCc1ccncc1)c1cccc2c1OCC2. The predicted octanol–water partition coefficient (Wildman–Crippen LogP) is 2.91. The fraction of sp³-hybridized carbons (Fsp3) is 0.353. The number of fused-ring (bicyclic) bond motifs is 1. The van der Waals surface area contributed by atoms with Crippen LogP contribution < -0.4 is 10.1 Å². The van der Waals surface area contributed by atoms with Gasteiger partial charge in [0.2, 0.25) is 0 Å². The zero-order valence-corrected chi connectivity index (χ0v) is 11.8. The first-order valence-electron chi connectivity index (χ1n) is 7.19. The second-order valence-electron chi connectivity index (χ2n) is 5.17. The van der Waals surface area contributed by atoms with Crippen LogP contribution in [0.1, 0.15) is 29.2 Å². The van der Waals surface area contributed by atoms with E-state index in [9.17, 15) is 0 Å². The fourth-order valence-electron chi connectivity index (χ4n) is 2.83. The summed E-state index contributed by atoms with van der Waals surface area (Å²) in [5.41, 5.74) is 3.96. The van der Waals surface area contributed by atoms with Crippen molar-refractivity contribution in [1.29, 1.82) is 0 Å². The lowest BCUT2D eigenvalue weighted by Crippen LogP contribution is -2.18. The number of benzene rings is 1. The van der Waals surface area contributed by atoms with E-state index in [2.05, 4.69) is 40.6 Å². The number of aryl methyl sites for hydroxylation is 1. The molecular formula is C17H20N2O. The van der Waals surface area contributed by atoms with Gasteiger partial charge in [0.15, 0.2) is 0 Å². The lowest BCUT2D eigenvalue weighted by atomic mass is 9.97. The second-order valence-corrected chi connectivity index (χ2v) is 5.17. The topological polar surface area (TPSA) is 34.2 Å². The molecule has 0 aliphatic carbocycles. The van der Waals surface area contributed by atoms with Crippen molar-refractivity contribution < 1.29 is 4.74 Å². The molecule has 0 fully saturated rings. The maximum Gasteiger partial charge on any atom is 0.127 e. The van der Waals surface area contributed by atoms with E-state index < -0.39 is 0 Å². The summed E-state index contributed by atoms with van der Waals surface area (Å²) in [6.45, 7) is 0.813. The highest BCUT2D eigenvalue weighted by Gasteiger charge is 2.20. The first-order chi connectivity index (χ1) is 9.88. The van der Waals surface area contributed by atoms with Gasteiger partial charge in [0.1, 0.15) is 5.75 Å². The van der Waals surface area contributed by atoms with E-state index in [-0.39, 0.29) is 0 Å². The van der Waals surface area contributed by atoms with Crippen LogP contribution in [0.25, 0.3) is 0 Å². The van der Waals surface area contributed by atoms with Gasteiger partial charge < -0.3 is 10.1 Å². The summed E-state index contributed by atoms with van der Waals surface area (Å²) in [7, 11) is 2.02. The lowest BCUT2D eigenvalue weighted by Gasteiger charge is -2.19. The van der Waals surface area contributed by atoms with Crippen LogP contribution in [0.2, 0.25) is 0 Å². The molecule has 3 nitrogen and oxygen atoms in total. The number of nitrogens with one attached hydrogen (secondary N) is 1. The van der Waals surface area contributed by atoms with Crippen LogP contribution in [0.3, 0.4) is 0 Å². The van der Waals surface area contributed by atoms with Crippen molar-refractivity contribution in [3.8, 4) is 5.75 Å². The van der Waals surface area contributed by atoms with E-state index >= 15 is 0 Å². The van der Waals surface area contributed by atoms with Gasteiger partial charge in [-0.25, -0.2) is 0 Å². The van der Waals surface area contributed by atoms with Gasteiger partial charge in [0, 0.05) is 30.4 Å². The second kappa shape index (κ2) is 6.06. The van der Waals surface area contributed by atoms with Crippen molar-refractivity contribution >= 4 is 0 Å². The van der Waals surface area contributed by atoms with Gasteiger partial charge in [-0.15, -0.1) is 0 Å². The zero-order valence-electron chi connectivity index (χ0n) is 11.8. The first kappa shape index (κ1) is 13.1. The van der Waals surface area contributed by atoms with Crippen molar-refractivity contribution in [3.63, 3.8) is 0 Å². The number of aromatic nitrogens is 1. The monoisotopic (exact) mass is 268 g/mol. The largest absolute Gasteiger partial charge is 0.493 e. The summed E-state index contributed by atoms with van der Waals surface area (Å²) in [4.78, 5) is 4.06. The minimum Gasteiger partial charge on any atom is -0.493 e. The molecule has 0 amide bonds. The van der Waals surface area contributed by atoms with Gasteiger partial charge in [0.25, 0.3) is 0 Å². The van der Waals surface area contributed by atoms with Gasteiger partial charge in [-0.05, 0) is 43.1 Å². The van der Waals surface area contributed by atoms with Gasteiger partial charge in [0.05, 0.1) is 6.61 Å². The zero-order chi connectivity index (χ0) is 13.8. The van der Waals surface area contributed by atoms with Crippen molar-refractivity contribution in [2.75, 3.05) is 13.7 Å². The normalized spacial score (nSPS) is 14.7. The third-order valence-electron chi connectivity index (χ3n) is 3.94. The van der Waals surface area contributed by atoms with E-state index in [1.54, 1.807) is 0 Å². The van der Waals surface area contributed by atoms with Crippen LogP contribution >= 0.6 is 0 Å². The molecule has 2 aromatic rings. The molecule has 1 atom stereocenters. The Balaban J connectivity index is 1.75. The Bertz CT molecular complexity index is 568. The van der Waals surface area contributed by atoms with Gasteiger partial charge in [-0.1, -0.05) is 18.2 Å². The lowest BCUT2D eigenvalue weighted by molar-refractivity contribution is 0.348. The van der Waals surface area contributed by atoms with Crippen LogP contribution in [0.4, 0.5) is 0 Å². The first-order valence-corrected chi connectivity index (χ1v) is 7.19. The Kier molecular flexibility index (Phi) is 3.97.